The van der Waals surface area contributed by atoms with Crippen LogP contribution in [-0.2, 0) is 0 Å². The van der Waals surface area contributed by atoms with Crippen molar-refractivity contribution in [1.82, 2.24) is 15.1 Å². The van der Waals surface area contributed by atoms with Gasteiger partial charge in [0.1, 0.15) is 0 Å². The van der Waals surface area contributed by atoms with Gasteiger partial charge in [0.25, 0.3) is 0 Å². The van der Waals surface area contributed by atoms with Crippen molar-refractivity contribution in [2.24, 2.45) is 0 Å². The molecule has 4 rings (SSSR count). The minimum atomic E-state index is 0.452. The van der Waals surface area contributed by atoms with Crippen LogP contribution in [0.1, 0.15) is 17.2 Å². The molecule has 98 valence electrons. The third kappa shape index (κ3) is 2.18. The predicted octanol–water partition coefficient (Wildman–Crippen LogP) is 1.26. The number of nitrogens with zero attached hydrogens (tertiary/aromatic N) is 2. The average molecular weight is 245 g/mol. The molecule has 0 radical (unpaired) electrons. The molecule has 0 saturated carbocycles. The normalized spacial score (nSPS) is 32.4. The molecule has 18 heavy (non-hydrogen) atoms. The Bertz CT molecular complexity index is 410. The van der Waals surface area contributed by atoms with Crippen molar-refractivity contribution in [1.29, 1.82) is 0 Å². The summed E-state index contributed by atoms with van der Waals surface area (Å²) in [4.78, 5) is 5.26. The quantitative estimate of drug-likeness (QED) is 0.865. The first-order valence-electron chi connectivity index (χ1n) is 6.98. The molecule has 3 aliphatic heterocycles. The predicted molar refractivity (Wildman–Crippen MR) is 74.8 cm³/mol. The summed E-state index contributed by atoms with van der Waals surface area (Å²) in [5, 5.41) is 3.53. The third-order valence-electron chi connectivity index (χ3n) is 4.42. The lowest BCUT2D eigenvalue weighted by Crippen LogP contribution is -2.63. The summed E-state index contributed by atoms with van der Waals surface area (Å²) in [6.07, 6.45) is 0. The van der Waals surface area contributed by atoms with E-state index in [0.717, 1.165) is 0 Å². The highest BCUT2D eigenvalue weighted by Gasteiger charge is 2.36. The fourth-order valence-corrected chi connectivity index (χ4v) is 3.42. The number of nitrogens with one attached hydrogen (secondary N) is 1. The monoisotopic (exact) mass is 245 g/mol. The van der Waals surface area contributed by atoms with Crippen molar-refractivity contribution in [3.8, 4) is 0 Å². The summed E-state index contributed by atoms with van der Waals surface area (Å²) in [7, 11) is 2.09. The largest absolute Gasteiger partial charge is 0.312 e. The van der Waals surface area contributed by atoms with Crippen molar-refractivity contribution in [3.63, 3.8) is 0 Å². The van der Waals surface area contributed by atoms with Crippen molar-refractivity contribution in [2.45, 2.75) is 19.0 Å². The highest BCUT2D eigenvalue weighted by atomic mass is 15.4. The first-order chi connectivity index (χ1) is 8.78. The van der Waals surface area contributed by atoms with Gasteiger partial charge in [-0.15, -0.1) is 0 Å². The second-order valence-electron chi connectivity index (χ2n) is 5.58. The van der Waals surface area contributed by atoms with E-state index in [1.165, 1.54) is 43.9 Å². The highest BCUT2D eigenvalue weighted by molar-refractivity contribution is 5.26. The van der Waals surface area contributed by atoms with Crippen LogP contribution < -0.4 is 5.32 Å². The molecule has 0 aromatic heterocycles. The van der Waals surface area contributed by atoms with Gasteiger partial charge in [0.05, 0.1) is 0 Å². The summed E-state index contributed by atoms with van der Waals surface area (Å²) >= 11 is 0. The molecule has 0 aliphatic carbocycles. The molecule has 2 atom stereocenters. The Kier molecular flexibility index (Phi) is 3.37. The van der Waals surface area contributed by atoms with Gasteiger partial charge in [0, 0.05) is 44.8 Å². The van der Waals surface area contributed by atoms with E-state index in [1.807, 2.05) is 0 Å². The molecule has 2 unspecified atom stereocenters. The lowest BCUT2D eigenvalue weighted by atomic mass is 9.93. The Balaban J connectivity index is 1.84. The summed E-state index contributed by atoms with van der Waals surface area (Å²) in [6, 6.07) is 10.00. The van der Waals surface area contributed by atoms with E-state index in [4.69, 9.17) is 0 Å². The van der Waals surface area contributed by atoms with E-state index in [0.29, 0.717) is 12.1 Å². The van der Waals surface area contributed by atoms with Gasteiger partial charge in [-0.1, -0.05) is 29.8 Å². The number of hydrogen-bond acceptors (Lipinski definition) is 3. The van der Waals surface area contributed by atoms with Crippen LogP contribution in [0, 0.1) is 6.92 Å². The van der Waals surface area contributed by atoms with Crippen LogP contribution in [0.4, 0.5) is 0 Å². The fourth-order valence-electron chi connectivity index (χ4n) is 3.42. The van der Waals surface area contributed by atoms with Crippen molar-refractivity contribution >= 4 is 0 Å². The Morgan fingerprint density at radius 1 is 1.22 bits per heavy atom. The van der Waals surface area contributed by atoms with Crippen LogP contribution in [0.15, 0.2) is 24.3 Å². The smallest absolute Gasteiger partial charge is 0.0488 e. The Morgan fingerprint density at radius 3 is 2.56 bits per heavy atom. The van der Waals surface area contributed by atoms with Crippen molar-refractivity contribution < 1.29 is 0 Å². The van der Waals surface area contributed by atoms with Gasteiger partial charge in [0.2, 0.25) is 0 Å². The minimum absolute atomic E-state index is 0.452. The summed E-state index contributed by atoms with van der Waals surface area (Å²) in [6.45, 7) is 8.34. The number of hydrogen-bond donors (Lipinski definition) is 1. The molecule has 2 bridgehead atoms. The van der Waals surface area contributed by atoms with E-state index in [9.17, 15) is 0 Å². The topological polar surface area (TPSA) is 18.5 Å². The molecule has 3 heteroatoms. The van der Waals surface area contributed by atoms with E-state index in [2.05, 4.69) is 53.4 Å². The van der Waals surface area contributed by atoms with Gasteiger partial charge >= 0.3 is 0 Å². The molecule has 1 N–H and O–H groups in total. The number of fused-ring (bicyclic) bond motifs is 3. The van der Waals surface area contributed by atoms with Crippen LogP contribution >= 0.6 is 0 Å². The maximum absolute atomic E-state index is 3.53. The molecule has 3 heterocycles. The van der Waals surface area contributed by atoms with Gasteiger partial charge in [-0.2, -0.15) is 0 Å². The molecule has 0 spiro atoms. The van der Waals surface area contributed by atoms with Crippen LogP contribution in [0.25, 0.3) is 0 Å². The fraction of sp³-hybridized carbons (Fsp3) is 0.600. The molecule has 3 fully saturated rings. The van der Waals surface area contributed by atoms with Gasteiger partial charge < -0.3 is 5.32 Å². The van der Waals surface area contributed by atoms with Crippen LogP contribution in [0.3, 0.4) is 0 Å². The van der Waals surface area contributed by atoms with Gasteiger partial charge in [-0.25, -0.2) is 0 Å². The number of likely N-dealkylation sites (N-methyl/N-ethyl adjacent to an activating group) is 1. The Morgan fingerprint density at radius 2 is 2.00 bits per heavy atom. The first-order valence-corrected chi connectivity index (χ1v) is 6.98. The summed E-state index contributed by atoms with van der Waals surface area (Å²) in [5.41, 5.74) is 2.78. The van der Waals surface area contributed by atoms with Gasteiger partial charge in [-0.05, 0) is 19.5 Å². The lowest BCUT2D eigenvalue weighted by molar-refractivity contribution is -0.00255. The molecule has 1 aromatic carbocycles. The molecular weight excluding hydrogens is 222 g/mol. The minimum Gasteiger partial charge on any atom is -0.312 e. The SMILES string of the molecule is CNC(c1cccc(C)c1)C1CN2CCN1CC2. The zero-order valence-electron chi connectivity index (χ0n) is 11.4. The van der Waals surface area contributed by atoms with E-state index < -0.39 is 0 Å². The Hall–Kier alpha value is -0.900. The zero-order chi connectivity index (χ0) is 12.5. The first kappa shape index (κ1) is 12.2. The second kappa shape index (κ2) is 5.00. The second-order valence-corrected chi connectivity index (χ2v) is 5.58. The standard InChI is InChI=1S/C15H23N3/c1-12-4-3-5-13(10-12)15(16-2)14-11-17-6-8-18(14)9-7-17/h3-5,10,14-16H,6-9,11H2,1-2H3. The maximum atomic E-state index is 3.53. The highest BCUT2D eigenvalue weighted by Crippen LogP contribution is 2.27. The molecule has 1 aromatic rings. The third-order valence-corrected chi connectivity index (χ3v) is 4.42. The lowest BCUT2D eigenvalue weighted by Gasteiger charge is -2.50. The van der Waals surface area contributed by atoms with Gasteiger partial charge in [-0.3, -0.25) is 9.80 Å². The van der Waals surface area contributed by atoms with Crippen LogP contribution in [0.2, 0.25) is 0 Å². The number of piperazine rings is 3. The molecule has 0 amide bonds. The van der Waals surface area contributed by atoms with Crippen LogP contribution in [-0.4, -0.2) is 55.6 Å². The summed E-state index contributed by atoms with van der Waals surface area (Å²) in [5.74, 6) is 0. The number of aryl methyl sites for hydroxylation is 1. The van der Waals surface area contributed by atoms with E-state index >= 15 is 0 Å². The van der Waals surface area contributed by atoms with E-state index in [1.54, 1.807) is 0 Å². The molecule has 3 nitrogen and oxygen atoms in total. The molecule has 3 aliphatic rings. The number of benzene rings is 1. The summed E-state index contributed by atoms with van der Waals surface area (Å²) < 4.78 is 0. The average Bonchev–Trinajstić information content (AvgIpc) is 2.41. The molecule has 3 saturated heterocycles. The van der Waals surface area contributed by atoms with Gasteiger partial charge in [0.15, 0.2) is 0 Å². The molecular formula is C15H23N3. The van der Waals surface area contributed by atoms with E-state index in [-0.39, 0.29) is 0 Å². The Labute approximate surface area is 110 Å². The maximum Gasteiger partial charge on any atom is 0.0488 e. The zero-order valence-corrected chi connectivity index (χ0v) is 11.4. The number of rotatable bonds is 3. The van der Waals surface area contributed by atoms with Crippen LogP contribution in [0.5, 0.6) is 0 Å². The van der Waals surface area contributed by atoms with Crippen molar-refractivity contribution in [3.05, 3.63) is 35.4 Å². The van der Waals surface area contributed by atoms with Crippen molar-refractivity contribution in [2.75, 3.05) is 39.8 Å².